The topological polar surface area (TPSA) is 44.4 Å². The Morgan fingerprint density at radius 2 is 2.15 bits per heavy atom. The van der Waals surface area contributed by atoms with Crippen LogP contribution in [0.4, 0.5) is 4.79 Å². The van der Waals surface area contributed by atoms with Crippen LogP contribution in [0.1, 0.15) is 23.6 Å². The molecule has 2 aliphatic heterocycles. The number of fused-ring (bicyclic) bond motifs is 1. The Labute approximate surface area is 120 Å². The minimum Gasteiger partial charge on any atom is -0.341 e. The van der Waals surface area contributed by atoms with Crippen LogP contribution in [0.5, 0.6) is 0 Å². The Morgan fingerprint density at radius 1 is 1.35 bits per heavy atom. The molecule has 4 nitrogen and oxygen atoms in total. The number of piperidine rings is 1. The predicted molar refractivity (Wildman–Crippen MR) is 79.5 cm³/mol. The molecule has 4 heteroatoms. The lowest BCUT2D eigenvalue weighted by Gasteiger charge is -2.43. The summed E-state index contributed by atoms with van der Waals surface area (Å²) in [5.41, 5.74) is 2.58. The first-order valence-corrected chi connectivity index (χ1v) is 7.47. The summed E-state index contributed by atoms with van der Waals surface area (Å²) in [4.78, 5) is 14.3. The van der Waals surface area contributed by atoms with Gasteiger partial charge in [-0.25, -0.2) is 4.79 Å². The maximum Gasteiger partial charge on any atom is 0.317 e. The van der Waals surface area contributed by atoms with Gasteiger partial charge < -0.3 is 15.5 Å². The van der Waals surface area contributed by atoms with Crippen LogP contribution in [0, 0.1) is 18.8 Å². The Bertz CT molecular complexity index is 502. The zero-order valence-electron chi connectivity index (χ0n) is 12.2. The molecule has 2 heterocycles. The van der Waals surface area contributed by atoms with E-state index < -0.39 is 0 Å². The summed E-state index contributed by atoms with van der Waals surface area (Å²) in [7, 11) is 1.72. The zero-order chi connectivity index (χ0) is 14.1. The average Bonchev–Trinajstić information content (AvgIpc) is 2.94. The van der Waals surface area contributed by atoms with Crippen molar-refractivity contribution in [3.05, 3.63) is 35.4 Å². The van der Waals surface area contributed by atoms with Crippen molar-refractivity contribution in [1.82, 2.24) is 15.5 Å². The lowest BCUT2D eigenvalue weighted by molar-refractivity contribution is 0.0958. The molecular formula is C16H23N3O. The van der Waals surface area contributed by atoms with Gasteiger partial charge in [-0.05, 0) is 36.9 Å². The molecule has 20 heavy (non-hydrogen) atoms. The van der Waals surface area contributed by atoms with Crippen molar-refractivity contribution in [3.63, 3.8) is 0 Å². The predicted octanol–water partition coefficient (Wildman–Crippen LogP) is 1.92. The number of carbonyl (C=O) groups excluding carboxylic acids is 1. The molecule has 2 saturated heterocycles. The largest absolute Gasteiger partial charge is 0.341 e. The number of aryl methyl sites for hydroxylation is 1. The number of hydrogen-bond acceptors (Lipinski definition) is 2. The third-order valence-corrected chi connectivity index (χ3v) is 4.86. The second-order valence-electron chi connectivity index (χ2n) is 5.92. The summed E-state index contributed by atoms with van der Waals surface area (Å²) in [6, 6.07) is 8.71. The molecule has 2 N–H and O–H groups in total. The van der Waals surface area contributed by atoms with E-state index in [4.69, 9.17) is 0 Å². The normalized spacial score (nSPS) is 29.1. The number of likely N-dealkylation sites (tertiary alicyclic amines) is 1. The first-order valence-electron chi connectivity index (χ1n) is 7.47. The van der Waals surface area contributed by atoms with Crippen LogP contribution >= 0.6 is 0 Å². The summed E-state index contributed by atoms with van der Waals surface area (Å²) in [6.07, 6.45) is 1.10. The molecule has 2 amide bonds. The maximum atomic E-state index is 12.2. The molecule has 0 radical (unpaired) electrons. The summed E-state index contributed by atoms with van der Waals surface area (Å²) in [5, 5.41) is 6.30. The van der Waals surface area contributed by atoms with E-state index in [0.29, 0.717) is 11.8 Å². The first-order chi connectivity index (χ1) is 9.72. The van der Waals surface area contributed by atoms with Crippen molar-refractivity contribution in [2.75, 3.05) is 26.7 Å². The van der Waals surface area contributed by atoms with E-state index in [2.05, 4.69) is 41.8 Å². The van der Waals surface area contributed by atoms with Gasteiger partial charge in [0, 0.05) is 26.1 Å². The third kappa shape index (κ3) is 2.18. The minimum atomic E-state index is 0.0450. The first kappa shape index (κ1) is 13.4. The fourth-order valence-electron chi connectivity index (χ4n) is 3.80. The van der Waals surface area contributed by atoms with Crippen molar-refractivity contribution in [2.45, 2.75) is 19.4 Å². The van der Waals surface area contributed by atoms with E-state index in [0.717, 1.165) is 26.1 Å². The summed E-state index contributed by atoms with van der Waals surface area (Å²) in [5.74, 6) is 1.22. The van der Waals surface area contributed by atoms with Crippen molar-refractivity contribution < 1.29 is 4.79 Å². The second-order valence-corrected chi connectivity index (χ2v) is 5.92. The van der Waals surface area contributed by atoms with E-state index >= 15 is 0 Å². The van der Waals surface area contributed by atoms with E-state index in [1.54, 1.807) is 7.05 Å². The van der Waals surface area contributed by atoms with Gasteiger partial charge >= 0.3 is 6.03 Å². The highest BCUT2D eigenvalue weighted by Crippen LogP contribution is 2.42. The van der Waals surface area contributed by atoms with E-state index in [9.17, 15) is 4.79 Å². The molecule has 3 rings (SSSR count). The Balaban J connectivity index is 1.99. The fourth-order valence-corrected chi connectivity index (χ4v) is 3.80. The molecule has 1 aromatic rings. The van der Waals surface area contributed by atoms with Crippen molar-refractivity contribution in [1.29, 1.82) is 0 Å². The van der Waals surface area contributed by atoms with Crippen LogP contribution in [-0.2, 0) is 0 Å². The van der Waals surface area contributed by atoms with Gasteiger partial charge in [-0.2, -0.15) is 0 Å². The van der Waals surface area contributed by atoms with Gasteiger partial charge in [-0.15, -0.1) is 0 Å². The summed E-state index contributed by atoms with van der Waals surface area (Å²) < 4.78 is 0. The van der Waals surface area contributed by atoms with E-state index in [1.807, 2.05) is 4.90 Å². The van der Waals surface area contributed by atoms with Crippen LogP contribution in [-0.4, -0.2) is 37.6 Å². The van der Waals surface area contributed by atoms with Crippen molar-refractivity contribution in [3.8, 4) is 0 Å². The van der Waals surface area contributed by atoms with Crippen LogP contribution in [0.15, 0.2) is 24.3 Å². The van der Waals surface area contributed by atoms with Crippen LogP contribution < -0.4 is 10.6 Å². The molecule has 0 bridgehead atoms. The molecule has 1 aromatic carbocycles. The highest BCUT2D eigenvalue weighted by atomic mass is 16.2. The lowest BCUT2D eigenvalue weighted by Crippen LogP contribution is -2.49. The lowest BCUT2D eigenvalue weighted by atomic mass is 9.78. The number of nitrogens with zero attached hydrogens (tertiary/aromatic N) is 1. The third-order valence-electron chi connectivity index (χ3n) is 4.86. The Hall–Kier alpha value is -1.55. The highest BCUT2D eigenvalue weighted by molar-refractivity contribution is 5.74. The van der Waals surface area contributed by atoms with Gasteiger partial charge in [0.15, 0.2) is 0 Å². The number of carbonyl (C=O) groups is 1. The molecule has 2 fully saturated rings. The number of rotatable bonds is 1. The number of nitrogens with one attached hydrogen (secondary N) is 2. The molecular weight excluding hydrogens is 250 g/mol. The molecule has 2 aliphatic rings. The van der Waals surface area contributed by atoms with Gasteiger partial charge in [-0.3, -0.25) is 0 Å². The van der Waals surface area contributed by atoms with Gasteiger partial charge in [0.2, 0.25) is 0 Å². The second kappa shape index (κ2) is 5.44. The number of hydrogen-bond donors (Lipinski definition) is 2. The number of benzene rings is 1. The standard InChI is InChI=1S/C16H23N3O/c1-11-5-3-4-6-13(11)15-14-10-18-9-12(14)7-8-19(15)16(20)17-2/h3-6,12,14-15,18H,7-10H2,1-2H3,(H,17,20). The SMILES string of the molecule is CNC(=O)N1CCC2CNCC2C1c1ccccc1C. The van der Waals surface area contributed by atoms with E-state index in [-0.39, 0.29) is 12.1 Å². The molecule has 3 unspecified atom stereocenters. The summed E-state index contributed by atoms with van der Waals surface area (Å²) in [6.45, 7) is 5.09. The van der Waals surface area contributed by atoms with Crippen LogP contribution in [0.2, 0.25) is 0 Å². The minimum absolute atomic E-state index is 0.0450. The van der Waals surface area contributed by atoms with Gasteiger partial charge in [0.1, 0.15) is 0 Å². The van der Waals surface area contributed by atoms with Gasteiger partial charge in [0.25, 0.3) is 0 Å². The Kier molecular flexibility index (Phi) is 3.66. The van der Waals surface area contributed by atoms with E-state index in [1.165, 1.54) is 11.1 Å². The Morgan fingerprint density at radius 3 is 2.90 bits per heavy atom. The zero-order valence-corrected chi connectivity index (χ0v) is 12.2. The molecule has 0 aliphatic carbocycles. The van der Waals surface area contributed by atoms with Crippen molar-refractivity contribution in [2.24, 2.45) is 11.8 Å². The molecule has 3 atom stereocenters. The maximum absolute atomic E-state index is 12.2. The highest BCUT2D eigenvalue weighted by Gasteiger charge is 2.43. The fraction of sp³-hybridized carbons (Fsp3) is 0.562. The average molecular weight is 273 g/mol. The van der Waals surface area contributed by atoms with Crippen LogP contribution in [0.3, 0.4) is 0 Å². The molecule has 0 spiro atoms. The van der Waals surface area contributed by atoms with Crippen LogP contribution in [0.25, 0.3) is 0 Å². The molecule has 0 saturated carbocycles. The number of urea groups is 1. The smallest absolute Gasteiger partial charge is 0.317 e. The number of amides is 2. The monoisotopic (exact) mass is 273 g/mol. The van der Waals surface area contributed by atoms with Crippen molar-refractivity contribution >= 4 is 6.03 Å². The quantitative estimate of drug-likeness (QED) is 0.821. The van der Waals surface area contributed by atoms with Gasteiger partial charge in [-0.1, -0.05) is 24.3 Å². The molecule has 0 aromatic heterocycles. The summed E-state index contributed by atoms with van der Waals surface area (Å²) >= 11 is 0. The van der Waals surface area contributed by atoms with Gasteiger partial charge in [0.05, 0.1) is 6.04 Å². The molecule has 108 valence electrons.